The molecule has 0 unspecified atom stereocenters. The Morgan fingerprint density at radius 1 is 1.14 bits per heavy atom. The van der Waals surface area contributed by atoms with Gasteiger partial charge in [0, 0.05) is 25.4 Å². The third-order valence-corrected chi connectivity index (χ3v) is 5.52. The van der Waals surface area contributed by atoms with E-state index in [1.165, 1.54) is 37.2 Å². The lowest BCUT2D eigenvalue weighted by molar-refractivity contribution is -0.137. The number of allylic oxidation sites excluding steroid dienone is 2. The fourth-order valence-corrected chi connectivity index (χ4v) is 3.52. The molecule has 0 heterocycles. The number of phenols is 1. The second kappa shape index (κ2) is 11.4. The molecule has 0 atom stereocenters. The highest BCUT2D eigenvalue weighted by Crippen LogP contribution is 2.46. The first-order valence-corrected chi connectivity index (χ1v) is 11.2. The number of nitrogens with zero attached hydrogens (tertiary/aromatic N) is 1. The first-order chi connectivity index (χ1) is 16.6. The van der Waals surface area contributed by atoms with Crippen LogP contribution in [0.5, 0.6) is 11.5 Å². The predicted octanol–water partition coefficient (Wildman–Crippen LogP) is 8.33. The lowest BCUT2D eigenvalue weighted by atomic mass is 9.96. The highest BCUT2D eigenvalue weighted by Gasteiger charge is 2.35. The molecule has 0 fully saturated rings. The number of rotatable bonds is 8. The van der Waals surface area contributed by atoms with Crippen molar-refractivity contribution in [3.05, 3.63) is 70.4 Å². The molecule has 1 N–H and O–H groups in total. The molecule has 0 saturated carbocycles. The Balaban J connectivity index is 2.83. The molecule has 0 aliphatic heterocycles. The van der Waals surface area contributed by atoms with Crippen LogP contribution in [0.1, 0.15) is 31.4 Å². The largest absolute Gasteiger partial charge is 0.506 e. The Labute approximate surface area is 210 Å². The Bertz CT molecular complexity index is 1180. The summed E-state index contributed by atoms with van der Waals surface area (Å²) in [6, 6.07) is 5.81. The van der Waals surface area contributed by atoms with E-state index >= 15 is 0 Å². The van der Waals surface area contributed by atoms with Crippen LogP contribution in [0.2, 0.25) is 5.02 Å². The molecular weight excluding hydrogens is 508 g/mol. The van der Waals surface area contributed by atoms with Crippen LogP contribution in [-0.4, -0.2) is 36.9 Å². The molecule has 2 aromatic carbocycles. The quantitative estimate of drug-likeness (QED) is 0.210. The summed E-state index contributed by atoms with van der Waals surface area (Å²) in [6.45, 7) is 7.20. The summed E-state index contributed by atoms with van der Waals surface area (Å²) >= 11 is 5.75. The molecule has 0 bridgehead atoms. The summed E-state index contributed by atoms with van der Waals surface area (Å²) in [7, 11) is 2.91. The van der Waals surface area contributed by atoms with Crippen LogP contribution in [-0.2, 0) is 6.18 Å². The highest BCUT2D eigenvalue weighted by molar-refractivity contribution is 6.31. The van der Waals surface area contributed by atoms with E-state index in [4.69, 9.17) is 16.3 Å². The number of aromatic hydroxyl groups is 1. The monoisotopic (exact) mass is 533 g/mol. The van der Waals surface area contributed by atoms with Crippen molar-refractivity contribution in [1.82, 2.24) is 4.90 Å². The van der Waals surface area contributed by atoms with Crippen LogP contribution in [0, 0.1) is 5.92 Å². The molecule has 0 saturated heterocycles. The average Bonchev–Trinajstić information content (AvgIpc) is 2.74. The van der Waals surface area contributed by atoms with E-state index in [2.05, 4.69) is 6.58 Å². The Hall–Kier alpha value is -3.03. The van der Waals surface area contributed by atoms with E-state index in [1.54, 1.807) is 0 Å². The van der Waals surface area contributed by atoms with Gasteiger partial charge in [-0.2, -0.15) is 26.3 Å². The first-order valence-electron chi connectivity index (χ1n) is 10.8. The SMILES string of the molecule is C=C=C(/C=C(/c1ccc(OCCC(C)C)c(-c2ccc(Cl)c(C(F)(F)F)c2)c1O)N(C)C)C(F)(F)F. The Morgan fingerprint density at radius 3 is 2.28 bits per heavy atom. The molecule has 0 aromatic heterocycles. The smallest absolute Gasteiger partial charge is 0.423 e. The van der Waals surface area contributed by atoms with Gasteiger partial charge in [-0.3, -0.25) is 0 Å². The van der Waals surface area contributed by atoms with Crippen LogP contribution in [0.4, 0.5) is 26.3 Å². The number of phenolic OH excluding ortho intramolecular Hbond substituents is 1. The number of hydrogen-bond acceptors (Lipinski definition) is 3. The van der Waals surface area contributed by atoms with Crippen LogP contribution >= 0.6 is 11.6 Å². The van der Waals surface area contributed by atoms with Gasteiger partial charge in [0.2, 0.25) is 0 Å². The van der Waals surface area contributed by atoms with E-state index in [9.17, 15) is 31.4 Å². The summed E-state index contributed by atoms with van der Waals surface area (Å²) in [6.07, 6.45) is -8.17. The third kappa shape index (κ3) is 7.02. The number of alkyl halides is 6. The van der Waals surface area contributed by atoms with Gasteiger partial charge >= 0.3 is 12.4 Å². The lowest BCUT2D eigenvalue weighted by Gasteiger charge is -2.23. The number of benzene rings is 2. The van der Waals surface area contributed by atoms with Gasteiger partial charge < -0.3 is 14.7 Å². The molecule has 0 aliphatic carbocycles. The maximum absolute atomic E-state index is 13.5. The highest BCUT2D eigenvalue weighted by atomic mass is 35.5. The van der Waals surface area contributed by atoms with Gasteiger partial charge in [-0.1, -0.05) is 38.1 Å². The fraction of sp³-hybridized carbons (Fsp3) is 0.346. The van der Waals surface area contributed by atoms with Crippen molar-refractivity contribution < 1.29 is 36.2 Å². The van der Waals surface area contributed by atoms with E-state index in [1.807, 2.05) is 19.6 Å². The lowest BCUT2D eigenvalue weighted by Crippen LogP contribution is -2.15. The van der Waals surface area contributed by atoms with E-state index in [-0.39, 0.29) is 40.7 Å². The van der Waals surface area contributed by atoms with Crippen LogP contribution in [0.3, 0.4) is 0 Å². The second-order valence-electron chi connectivity index (χ2n) is 8.57. The summed E-state index contributed by atoms with van der Waals surface area (Å²) in [5, 5.41) is 10.7. The normalized spacial score (nSPS) is 12.5. The number of ether oxygens (including phenoxy) is 1. The van der Waals surface area contributed by atoms with Crippen molar-refractivity contribution in [1.29, 1.82) is 0 Å². The molecule has 0 radical (unpaired) electrons. The van der Waals surface area contributed by atoms with Crippen molar-refractivity contribution in [2.75, 3.05) is 20.7 Å². The summed E-state index contributed by atoms with van der Waals surface area (Å²) in [4.78, 5) is 1.32. The van der Waals surface area contributed by atoms with Gasteiger partial charge in [-0.05, 0) is 48.2 Å². The van der Waals surface area contributed by atoms with E-state index in [0.717, 1.165) is 18.2 Å². The zero-order chi connectivity index (χ0) is 27.4. The van der Waals surface area contributed by atoms with Crippen molar-refractivity contribution in [3.8, 4) is 22.6 Å². The minimum absolute atomic E-state index is 0.0632. The Morgan fingerprint density at radius 2 is 1.78 bits per heavy atom. The molecule has 0 amide bonds. The molecule has 36 heavy (non-hydrogen) atoms. The van der Waals surface area contributed by atoms with Crippen LogP contribution < -0.4 is 4.74 Å². The van der Waals surface area contributed by atoms with Gasteiger partial charge in [0.1, 0.15) is 11.5 Å². The topological polar surface area (TPSA) is 32.7 Å². The van der Waals surface area contributed by atoms with Crippen molar-refractivity contribution in [2.24, 2.45) is 5.92 Å². The molecule has 0 spiro atoms. The minimum atomic E-state index is -4.77. The maximum Gasteiger partial charge on any atom is 0.423 e. The molecule has 2 aromatic rings. The van der Waals surface area contributed by atoms with Crippen LogP contribution in [0.15, 0.2) is 54.3 Å². The van der Waals surface area contributed by atoms with E-state index in [0.29, 0.717) is 6.42 Å². The molecule has 2 rings (SSSR count). The predicted molar refractivity (Wildman–Crippen MR) is 129 cm³/mol. The molecular formula is C26H26ClF6NO2. The van der Waals surface area contributed by atoms with Gasteiger partial charge in [0.15, 0.2) is 0 Å². The fourth-order valence-electron chi connectivity index (χ4n) is 3.30. The zero-order valence-electron chi connectivity index (χ0n) is 20.1. The second-order valence-corrected chi connectivity index (χ2v) is 8.98. The molecule has 196 valence electrons. The zero-order valence-corrected chi connectivity index (χ0v) is 20.9. The van der Waals surface area contributed by atoms with Gasteiger partial charge in [0.05, 0.1) is 28.3 Å². The maximum atomic E-state index is 13.5. The van der Waals surface area contributed by atoms with Crippen molar-refractivity contribution >= 4 is 17.3 Å². The summed E-state index contributed by atoms with van der Waals surface area (Å²) < 4.78 is 86.5. The van der Waals surface area contributed by atoms with E-state index < -0.39 is 34.3 Å². The summed E-state index contributed by atoms with van der Waals surface area (Å²) in [5.74, 6) is -0.220. The van der Waals surface area contributed by atoms with Gasteiger partial charge in [-0.25, -0.2) is 0 Å². The number of hydrogen-bond donors (Lipinski definition) is 1. The number of halogens is 7. The minimum Gasteiger partial charge on any atom is -0.506 e. The van der Waals surface area contributed by atoms with Gasteiger partial charge in [0.25, 0.3) is 0 Å². The Kier molecular flexibility index (Phi) is 9.21. The standard InChI is InChI=1S/C26H26ClF6NO2/c1-6-17(25(28,29)30)14-21(34(4)5)18-8-10-22(36-12-11-15(2)3)23(24(18)35)16-7-9-20(27)19(13-16)26(31,32)33/h7-10,13-15,35H,1,11-12H2,2-5H3/b21-14-. The summed E-state index contributed by atoms with van der Waals surface area (Å²) in [5.41, 5.74) is -0.793. The van der Waals surface area contributed by atoms with Crippen molar-refractivity contribution in [3.63, 3.8) is 0 Å². The molecule has 3 nitrogen and oxygen atoms in total. The molecule has 10 heteroatoms. The molecule has 0 aliphatic rings. The average molecular weight is 534 g/mol. The third-order valence-electron chi connectivity index (χ3n) is 5.19. The first kappa shape index (κ1) is 29.2. The van der Waals surface area contributed by atoms with Gasteiger partial charge in [-0.15, -0.1) is 5.73 Å². The van der Waals surface area contributed by atoms with Crippen LogP contribution in [0.25, 0.3) is 16.8 Å². The van der Waals surface area contributed by atoms with Crippen molar-refractivity contribution in [2.45, 2.75) is 32.6 Å².